The molecule has 0 heterocycles. The van der Waals surface area contributed by atoms with Gasteiger partial charge in [-0.05, 0) is 134 Å². The van der Waals surface area contributed by atoms with Crippen LogP contribution in [-0.2, 0) is 0 Å². The van der Waals surface area contributed by atoms with E-state index in [1.807, 2.05) is 0 Å². The first-order valence-corrected chi connectivity index (χ1v) is 21.2. The van der Waals surface area contributed by atoms with E-state index in [0.717, 1.165) is 56.4 Å². The van der Waals surface area contributed by atoms with Crippen molar-refractivity contribution in [3.8, 4) is 11.1 Å². The van der Waals surface area contributed by atoms with Crippen LogP contribution < -0.4 is 9.80 Å². The van der Waals surface area contributed by atoms with E-state index in [2.05, 4.69) is 277 Å². The lowest BCUT2D eigenvalue weighted by atomic mass is 10.0. The molecule has 0 saturated heterocycles. The van der Waals surface area contributed by atoms with Gasteiger partial charge in [0.15, 0.2) is 0 Å². The highest BCUT2D eigenvalue weighted by Gasteiger charge is 2.15. The van der Waals surface area contributed by atoms with Crippen LogP contribution in [0.1, 0.15) is 22.3 Å². The maximum absolute atomic E-state index is 2.31. The third kappa shape index (κ3) is 8.31. The maximum atomic E-state index is 2.31. The second kappa shape index (κ2) is 17.6. The molecule has 2 heteroatoms. The van der Waals surface area contributed by atoms with Gasteiger partial charge in [-0.1, -0.05) is 188 Å². The average Bonchev–Trinajstić information content (AvgIpc) is 3.35. The predicted octanol–water partition coefficient (Wildman–Crippen LogP) is 16.9. The molecule has 0 bridgehead atoms. The Morgan fingerprint density at radius 3 is 1.18 bits per heavy atom. The zero-order chi connectivity index (χ0) is 41.5. The summed E-state index contributed by atoms with van der Waals surface area (Å²) in [6, 6.07) is 86.6. The maximum Gasteiger partial charge on any atom is 0.0462 e. The van der Waals surface area contributed by atoms with Crippen molar-refractivity contribution in [2.75, 3.05) is 9.80 Å². The van der Waals surface area contributed by atoms with Gasteiger partial charge in [-0.3, -0.25) is 0 Å². The summed E-state index contributed by atoms with van der Waals surface area (Å²) in [7, 11) is 0. The number of para-hydroxylation sites is 2. The van der Waals surface area contributed by atoms with Crippen LogP contribution in [0.5, 0.6) is 0 Å². The quantitative estimate of drug-likeness (QED) is 0.120. The minimum atomic E-state index is 1.10. The molecule has 0 atom stereocenters. The second-order valence-electron chi connectivity index (χ2n) is 15.5. The van der Waals surface area contributed by atoms with E-state index in [0.29, 0.717) is 0 Å². The molecule has 0 saturated carbocycles. The fourth-order valence-corrected chi connectivity index (χ4v) is 8.21. The van der Waals surface area contributed by atoms with Crippen LogP contribution in [0.15, 0.2) is 243 Å². The van der Waals surface area contributed by atoms with Gasteiger partial charge in [0, 0.05) is 34.1 Å². The van der Waals surface area contributed by atoms with Gasteiger partial charge in [-0.15, -0.1) is 0 Å². The summed E-state index contributed by atoms with van der Waals surface area (Å²) in [6.45, 7) is 0. The third-order valence-electron chi connectivity index (χ3n) is 11.4. The molecule has 0 aliphatic carbocycles. The number of nitrogens with zero attached hydrogens (tertiary/aromatic N) is 2. The van der Waals surface area contributed by atoms with Crippen LogP contribution in [0, 0.1) is 0 Å². The Kier molecular flexibility index (Phi) is 10.8. The first kappa shape index (κ1) is 38.0. The van der Waals surface area contributed by atoms with Crippen LogP contribution in [-0.4, -0.2) is 0 Å². The van der Waals surface area contributed by atoms with Crippen molar-refractivity contribution in [3.05, 3.63) is 265 Å². The van der Waals surface area contributed by atoms with Crippen molar-refractivity contribution >= 4 is 80.0 Å². The minimum absolute atomic E-state index is 1.10. The van der Waals surface area contributed by atoms with Gasteiger partial charge in [-0.25, -0.2) is 0 Å². The lowest BCUT2D eigenvalue weighted by Gasteiger charge is -2.26. The zero-order valence-corrected chi connectivity index (χ0v) is 34.3. The molecule has 10 rings (SSSR count). The van der Waals surface area contributed by atoms with Gasteiger partial charge in [0.25, 0.3) is 0 Å². The van der Waals surface area contributed by atoms with Crippen LogP contribution in [0.25, 0.3) is 57.0 Å². The normalized spacial score (nSPS) is 11.4. The molecule has 0 radical (unpaired) electrons. The number of fused-ring (bicyclic) bond motifs is 2. The van der Waals surface area contributed by atoms with Crippen molar-refractivity contribution in [1.82, 2.24) is 0 Å². The lowest BCUT2D eigenvalue weighted by molar-refractivity contribution is 1.28. The number of hydrogen-bond acceptors (Lipinski definition) is 2. The summed E-state index contributed by atoms with van der Waals surface area (Å²) in [5, 5.41) is 5.02. The third-order valence-corrected chi connectivity index (χ3v) is 11.4. The first-order valence-electron chi connectivity index (χ1n) is 21.2. The molecular weight excluding hydrogens is 749 g/mol. The van der Waals surface area contributed by atoms with E-state index in [1.165, 1.54) is 32.7 Å². The molecule has 2 nitrogen and oxygen atoms in total. The van der Waals surface area contributed by atoms with Crippen molar-refractivity contribution in [1.29, 1.82) is 0 Å². The van der Waals surface area contributed by atoms with E-state index in [4.69, 9.17) is 0 Å². The SMILES string of the molecule is C(=C\c1ccc2ccccc2c1)/c1ccc(N(c2ccccc2)c2ccc(-c3ccc(N(c4ccccc4)c4ccc(/C=C/c5cccc6ccccc56)cc4)cc3)cc2)cc1. The summed E-state index contributed by atoms with van der Waals surface area (Å²) in [5.74, 6) is 0. The molecule has 0 spiro atoms. The largest absolute Gasteiger partial charge is 0.311 e. The fraction of sp³-hybridized carbons (Fsp3) is 0. The standard InChI is InChI=1S/C60H44N2/c1-3-17-54(18-4-1)61(56-36-26-45(27-37-56)22-23-47-25-30-48-12-7-8-14-53(48)44-47)58-40-32-49(33-41-58)50-34-42-59(43-35-50)62(55-19-5-2-6-20-55)57-38-28-46(29-39-57)24-31-52-16-11-15-51-13-9-10-21-60(51)52/h1-44H/b23-22+,31-24+. The minimum Gasteiger partial charge on any atom is -0.311 e. The smallest absolute Gasteiger partial charge is 0.0462 e. The molecule has 62 heavy (non-hydrogen) atoms. The van der Waals surface area contributed by atoms with E-state index in [9.17, 15) is 0 Å². The number of rotatable bonds is 11. The summed E-state index contributed by atoms with van der Waals surface area (Å²) in [5.41, 5.74) is 13.7. The van der Waals surface area contributed by atoms with E-state index in [1.54, 1.807) is 0 Å². The molecule has 0 aliphatic heterocycles. The summed E-state index contributed by atoms with van der Waals surface area (Å²) < 4.78 is 0. The highest BCUT2D eigenvalue weighted by Crippen LogP contribution is 2.38. The van der Waals surface area contributed by atoms with Crippen molar-refractivity contribution in [3.63, 3.8) is 0 Å². The number of anilines is 6. The molecule has 0 amide bonds. The molecule has 0 aromatic heterocycles. The Bertz CT molecular complexity index is 3130. The molecule has 0 fully saturated rings. The van der Waals surface area contributed by atoms with Gasteiger partial charge in [0.2, 0.25) is 0 Å². The molecule has 0 aliphatic rings. The molecule has 0 unspecified atom stereocenters. The highest BCUT2D eigenvalue weighted by atomic mass is 15.1. The van der Waals surface area contributed by atoms with Crippen LogP contribution in [0.3, 0.4) is 0 Å². The summed E-state index contributed by atoms with van der Waals surface area (Å²) in [6.07, 6.45) is 8.77. The van der Waals surface area contributed by atoms with Gasteiger partial charge < -0.3 is 9.80 Å². The Hall–Kier alpha value is -8.20. The van der Waals surface area contributed by atoms with Crippen molar-refractivity contribution in [2.45, 2.75) is 0 Å². The highest BCUT2D eigenvalue weighted by molar-refractivity contribution is 5.93. The van der Waals surface area contributed by atoms with E-state index < -0.39 is 0 Å². The fourth-order valence-electron chi connectivity index (χ4n) is 8.21. The van der Waals surface area contributed by atoms with Crippen LogP contribution in [0.4, 0.5) is 34.1 Å². The topological polar surface area (TPSA) is 6.48 Å². The number of hydrogen-bond donors (Lipinski definition) is 0. The van der Waals surface area contributed by atoms with Gasteiger partial charge in [0.1, 0.15) is 0 Å². The van der Waals surface area contributed by atoms with Gasteiger partial charge in [-0.2, -0.15) is 0 Å². The Morgan fingerprint density at radius 1 is 0.242 bits per heavy atom. The molecule has 10 aromatic rings. The number of benzene rings is 10. The average molecular weight is 793 g/mol. The predicted molar refractivity (Wildman–Crippen MR) is 267 cm³/mol. The molecule has 10 aromatic carbocycles. The summed E-state index contributed by atoms with van der Waals surface area (Å²) in [4.78, 5) is 4.62. The van der Waals surface area contributed by atoms with E-state index in [-0.39, 0.29) is 0 Å². The van der Waals surface area contributed by atoms with Crippen molar-refractivity contribution < 1.29 is 0 Å². The first-order chi connectivity index (χ1) is 30.7. The Balaban J connectivity index is 0.881. The molecular formula is C60H44N2. The Labute approximate surface area is 364 Å². The monoisotopic (exact) mass is 792 g/mol. The zero-order valence-electron chi connectivity index (χ0n) is 34.3. The summed E-state index contributed by atoms with van der Waals surface area (Å²) >= 11 is 0. The van der Waals surface area contributed by atoms with Crippen LogP contribution >= 0.6 is 0 Å². The molecule has 0 N–H and O–H groups in total. The van der Waals surface area contributed by atoms with Gasteiger partial charge >= 0.3 is 0 Å². The van der Waals surface area contributed by atoms with E-state index >= 15 is 0 Å². The second-order valence-corrected chi connectivity index (χ2v) is 15.5. The van der Waals surface area contributed by atoms with Crippen LogP contribution in [0.2, 0.25) is 0 Å². The molecule has 294 valence electrons. The lowest BCUT2D eigenvalue weighted by Crippen LogP contribution is -2.10. The van der Waals surface area contributed by atoms with Gasteiger partial charge in [0.05, 0.1) is 0 Å². The van der Waals surface area contributed by atoms with Crippen molar-refractivity contribution in [2.24, 2.45) is 0 Å². The Morgan fingerprint density at radius 2 is 0.629 bits per heavy atom.